The summed E-state index contributed by atoms with van der Waals surface area (Å²) in [6.45, 7) is 20.6. The Hall–Kier alpha value is -4.13. The summed E-state index contributed by atoms with van der Waals surface area (Å²) in [5.74, 6) is 2.00. The van der Waals surface area contributed by atoms with Crippen molar-refractivity contribution in [2.24, 2.45) is 0 Å². The van der Waals surface area contributed by atoms with Crippen molar-refractivity contribution in [2.75, 3.05) is 79.9 Å². The first kappa shape index (κ1) is 65.9. The third-order valence-electron chi connectivity index (χ3n) is 7.92. The van der Waals surface area contributed by atoms with E-state index in [0.29, 0.717) is 46.7 Å². The van der Waals surface area contributed by atoms with Crippen LogP contribution in [-0.2, 0) is 41.6 Å². The Bertz CT molecular complexity index is 2400. The molecule has 0 aliphatic rings. The summed E-state index contributed by atoms with van der Waals surface area (Å²) in [6.07, 6.45) is 11.9. The highest BCUT2D eigenvalue weighted by molar-refractivity contribution is 7.94. The van der Waals surface area contributed by atoms with Gasteiger partial charge in [0.15, 0.2) is 0 Å². The van der Waals surface area contributed by atoms with Gasteiger partial charge >= 0.3 is 11.7 Å². The van der Waals surface area contributed by atoms with Gasteiger partial charge in [0.2, 0.25) is 29.0 Å². The van der Waals surface area contributed by atoms with Crippen molar-refractivity contribution in [3.05, 3.63) is 73.2 Å². The number of amides is 1. The van der Waals surface area contributed by atoms with E-state index in [0.717, 1.165) is 34.5 Å². The molecule has 392 valence electrons. The maximum Gasteiger partial charge on any atom is 0.442 e. The molecule has 0 spiro atoms. The van der Waals surface area contributed by atoms with Crippen LogP contribution < -0.4 is 36.2 Å². The summed E-state index contributed by atoms with van der Waals surface area (Å²) >= 11 is 23.7. The second kappa shape index (κ2) is 32.0. The van der Waals surface area contributed by atoms with Crippen LogP contribution in [0.2, 0.25) is 15.3 Å². The molecule has 2 aromatic heterocycles. The first-order chi connectivity index (χ1) is 32.3. The van der Waals surface area contributed by atoms with Gasteiger partial charge < -0.3 is 48.9 Å². The van der Waals surface area contributed by atoms with Crippen molar-refractivity contribution in [1.82, 2.24) is 30.0 Å². The molecule has 5 N–H and O–H groups in total. The van der Waals surface area contributed by atoms with E-state index >= 15 is 0 Å². The Labute approximate surface area is 434 Å². The fourth-order valence-corrected chi connectivity index (χ4v) is 6.45. The van der Waals surface area contributed by atoms with Crippen molar-refractivity contribution in [3.63, 3.8) is 0 Å². The molecule has 2 atom stereocenters. The molecule has 2 unspecified atom stereocenters. The van der Waals surface area contributed by atoms with Gasteiger partial charge in [0, 0.05) is 30.7 Å². The normalized spacial score (nSPS) is 12.1. The van der Waals surface area contributed by atoms with Crippen LogP contribution in [0, 0.1) is 19.3 Å². The van der Waals surface area contributed by atoms with E-state index in [1.165, 1.54) is 12.1 Å². The number of hydrogen-bond acceptors (Lipinski definition) is 15. The standard InChI is InChI=1S/C15H14Cl2N2O3.C15H22ClNO2.C9H16ClN5.C3H8NO5P.C3H9S/c1-5-6-21-12-8-11(9(16)7-10(12)17)19-14(20)22-13(18-19)15(2,3)4;1-5-13-8-6-7-11(2)15(13)17(14(18)9-16)12(3)10-19-4;1-5-11-7-12-6(10)13-8(14-7)15-9(2,3)4;5-3(6)1-4-2-10(7,8)9;1-4(2)3/h1,7-8H,6H2,2-4H3;6-8,12H,5,9-10H2,1-4H3;5H2,1-4H3,(H2,11,12,13,14,15);4H,1-2H2,(H,5,6)(H2,7,8,9);1-3H3/q;;;;+1/p-1. The molecule has 70 heavy (non-hydrogen) atoms. The van der Waals surface area contributed by atoms with Gasteiger partial charge in [-0.15, -0.1) is 23.1 Å². The van der Waals surface area contributed by atoms with E-state index in [2.05, 4.69) is 68.4 Å². The van der Waals surface area contributed by atoms with E-state index in [1.807, 2.05) is 79.8 Å². The van der Waals surface area contributed by atoms with Gasteiger partial charge in [-0.2, -0.15) is 19.6 Å². The number of aromatic nitrogens is 5. The monoisotopic (exact) mass is 1100 g/mol. The highest BCUT2D eigenvalue weighted by Crippen LogP contribution is 2.33. The van der Waals surface area contributed by atoms with Gasteiger partial charge in [-0.25, -0.2) is 4.79 Å². The van der Waals surface area contributed by atoms with Crippen LogP contribution in [-0.4, -0.2) is 123 Å². The van der Waals surface area contributed by atoms with Crippen molar-refractivity contribution in [1.29, 1.82) is 0 Å². The Morgan fingerprint density at radius 2 is 1.66 bits per heavy atom. The molecular formula is C45H68Cl4N9O10PS. The van der Waals surface area contributed by atoms with E-state index in [4.69, 9.17) is 76.7 Å². The molecular weight excluding hydrogens is 1030 g/mol. The van der Waals surface area contributed by atoms with Gasteiger partial charge in [0.05, 0.1) is 65.7 Å². The van der Waals surface area contributed by atoms with Crippen LogP contribution in [0.1, 0.15) is 79.3 Å². The number of carbonyl (C=O) groups is 2. The number of terminal acetylenes is 1. The number of benzene rings is 2. The molecule has 0 aliphatic carbocycles. The van der Waals surface area contributed by atoms with Gasteiger partial charge in [-0.05, 0) is 87.7 Å². The van der Waals surface area contributed by atoms with Gasteiger partial charge in [-0.1, -0.05) is 75.0 Å². The Morgan fingerprint density at radius 1 is 1.06 bits per heavy atom. The summed E-state index contributed by atoms with van der Waals surface area (Å²) < 4.78 is 26.7. The molecule has 19 nitrogen and oxygen atoms in total. The predicted octanol–water partition coefficient (Wildman–Crippen LogP) is 7.43. The average Bonchev–Trinajstić information content (AvgIpc) is 3.62. The molecule has 25 heteroatoms. The van der Waals surface area contributed by atoms with Crippen LogP contribution in [0.3, 0.4) is 0 Å². The number of halogens is 4. The zero-order chi connectivity index (χ0) is 54.2. The number of aryl methyl sites for hydroxylation is 2. The molecule has 0 saturated carbocycles. The number of carboxylic acid groups (broad SMARTS) is 1. The van der Waals surface area contributed by atoms with E-state index in [-0.39, 0.29) is 45.3 Å². The third kappa shape index (κ3) is 26.4. The summed E-state index contributed by atoms with van der Waals surface area (Å²) in [5.41, 5.74) is 3.00. The van der Waals surface area contributed by atoms with Crippen LogP contribution in [0.15, 0.2) is 39.5 Å². The molecule has 1 amide bonds. The number of carboxylic acids is 1. The molecule has 2 aromatic carbocycles. The zero-order valence-electron chi connectivity index (χ0n) is 42.2. The second-order valence-electron chi connectivity index (χ2n) is 17.2. The minimum absolute atomic E-state index is 0.0223. The maximum atomic E-state index is 12.2. The third-order valence-corrected chi connectivity index (χ3v) is 9.54. The van der Waals surface area contributed by atoms with E-state index in [9.17, 15) is 23.8 Å². The first-order valence-corrected chi connectivity index (χ1v) is 27.2. The SMILES string of the molecule is C#CCOc1cc(-n2nc(C(C)(C)C)oc2=O)c(Cl)cc1Cl.CCNc1nc(Cl)nc(NC(C)(C)C)n1.CCc1cccc(C)c1N(C(=O)CCl)C(C)COC.C[S+](C)C.O=C(O)CNCP(=O)([O-])O. The number of methoxy groups -OCH3 is 1. The second-order valence-corrected chi connectivity index (χ2v) is 22.7. The van der Waals surface area contributed by atoms with Crippen LogP contribution in [0.25, 0.3) is 5.69 Å². The fraction of sp³-hybridized carbons (Fsp3) is 0.533. The lowest BCUT2D eigenvalue weighted by atomic mass is 9.97. The van der Waals surface area contributed by atoms with Crippen molar-refractivity contribution in [2.45, 2.75) is 92.7 Å². The van der Waals surface area contributed by atoms with Crippen LogP contribution >= 0.6 is 54.0 Å². The summed E-state index contributed by atoms with van der Waals surface area (Å²) in [4.78, 5) is 65.9. The van der Waals surface area contributed by atoms with Gasteiger partial charge in [0.25, 0.3) is 0 Å². The molecule has 0 radical (unpaired) electrons. The number of rotatable bonds is 16. The average molecular weight is 1100 g/mol. The molecule has 2 heterocycles. The first-order valence-electron chi connectivity index (χ1n) is 21.4. The number of anilines is 3. The predicted molar refractivity (Wildman–Crippen MR) is 283 cm³/mol. The minimum Gasteiger partial charge on any atom is -0.778 e. The maximum absolute atomic E-state index is 12.2. The van der Waals surface area contributed by atoms with Crippen molar-refractivity contribution >= 4 is 94.4 Å². The summed E-state index contributed by atoms with van der Waals surface area (Å²) in [6, 6.07) is 9.00. The lowest BCUT2D eigenvalue weighted by molar-refractivity contribution is -0.193. The number of nitrogens with zero attached hydrogens (tertiary/aromatic N) is 6. The van der Waals surface area contributed by atoms with Crippen molar-refractivity contribution < 1.29 is 42.9 Å². The zero-order valence-corrected chi connectivity index (χ0v) is 46.9. The fourth-order valence-electron chi connectivity index (χ4n) is 5.25. The molecule has 0 aliphatic heterocycles. The van der Waals surface area contributed by atoms with Crippen molar-refractivity contribution in [3.8, 4) is 23.8 Å². The topological polar surface area (TPSA) is 259 Å². The molecule has 0 saturated heterocycles. The number of ether oxygens (including phenoxy) is 2. The molecule has 4 rings (SSSR count). The quantitative estimate of drug-likeness (QED) is 0.0316. The number of alkyl halides is 1. The highest BCUT2D eigenvalue weighted by atomic mass is 35.5. The summed E-state index contributed by atoms with van der Waals surface area (Å²) in [5, 5.41) is 21.0. The Balaban J connectivity index is 0.000000911. The number of nitrogens with one attached hydrogen (secondary N) is 3. The van der Waals surface area contributed by atoms with Crippen LogP contribution in [0.5, 0.6) is 5.75 Å². The van der Waals surface area contributed by atoms with Gasteiger partial charge in [-0.3, -0.25) is 14.9 Å². The summed E-state index contributed by atoms with van der Waals surface area (Å²) in [7, 11) is -2.07. The lowest BCUT2D eigenvalue weighted by Crippen LogP contribution is -2.43. The van der Waals surface area contributed by atoms with E-state index in [1.54, 1.807) is 12.0 Å². The largest absolute Gasteiger partial charge is 0.778 e. The number of aliphatic carboxylic acids is 1. The minimum atomic E-state index is -4.35. The van der Waals surface area contributed by atoms with Crippen LogP contribution in [0.4, 0.5) is 17.6 Å². The Kier molecular flexibility index (Phi) is 30.2. The number of hydrogen-bond donors (Lipinski definition) is 5. The molecule has 0 fully saturated rings. The smallest absolute Gasteiger partial charge is 0.442 e. The number of carbonyl (C=O) groups excluding carboxylic acids is 1. The number of para-hydroxylation sites is 1. The lowest BCUT2D eigenvalue weighted by Gasteiger charge is -2.31. The highest BCUT2D eigenvalue weighted by Gasteiger charge is 2.26. The molecule has 4 aromatic rings. The van der Waals surface area contributed by atoms with Gasteiger partial charge in [0.1, 0.15) is 25.8 Å². The Morgan fingerprint density at radius 3 is 2.13 bits per heavy atom. The molecule has 0 bridgehead atoms. The van der Waals surface area contributed by atoms with E-state index < -0.39 is 37.6 Å².